The molecule has 0 amide bonds. The summed E-state index contributed by atoms with van der Waals surface area (Å²) in [5.74, 6) is 0.179. The summed E-state index contributed by atoms with van der Waals surface area (Å²) >= 11 is 0. The summed E-state index contributed by atoms with van der Waals surface area (Å²) < 4.78 is 0. The first-order chi connectivity index (χ1) is 36.5. The van der Waals surface area contributed by atoms with Gasteiger partial charge in [-0.05, 0) is 153 Å². The minimum absolute atomic E-state index is 0.0346. The van der Waals surface area contributed by atoms with Gasteiger partial charge < -0.3 is 4.90 Å². The Balaban J connectivity index is 1.02. The number of nitrogens with zero attached hydrogens (tertiary/aromatic N) is 1. The molecule has 1 heteroatoms. The van der Waals surface area contributed by atoms with Crippen LogP contribution in [0.4, 0.5) is 11.4 Å². The van der Waals surface area contributed by atoms with Crippen molar-refractivity contribution in [2.45, 2.75) is 109 Å². The third kappa shape index (κ3) is 6.51. The van der Waals surface area contributed by atoms with Crippen LogP contribution in [-0.4, -0.2) is 0 Å². The molecule has 9 aromatic carbocycles. The summed E-state index contributed by atoms with van der Waals surface area (Å²) in [4.78, 5) is 2.61. The van der Waals surface area contributed by atoms with Crippen molar-refractivity contribution in [1.82, 2.24) is 0 Å². The Bertz CT molecular complexity index is 3940. The average Bonchev–Trinajstić information content (AvgIpc) is 4.25. The Morgan fingerprint density at radius 2 is 0.868 bits per heavy atom. The maximum absolute atomic E-state index is 2.61. The van der Waals surface area contributed by atoms with Crippen molar-refractivity contribution in [3.8, 4) is 55.6 Å². The highest BCUT2D eigenvalue weighted by Gasteiger charge is 2.53. The van der Waals surface area contributed by atoms with Gasteiger partial charge in [-0.25, -0.2) is 0 Å². The van der Waals surface area contributed by atoms with Crippen LogP contribution in [0.1, 0.15) is 143 Å². The normalized spacial score (nSPS) is 17.2. The first kappa shape index (κ1) is 46.8. The molecule has 5 aliphatic rings. The van der Waals surface area contributed by atoms with Crippen molar-refractivity contribution in [1.29, 1.82) is 0 Å². The lowest BCUT2D eigenvalue weighted by atomic mass is 9.68. The standard InChI is InChI=1S/C75H67N/c1-71(2,3)48-34-38-55-56-39-35-49(72(4,5)6)44-67(56)75(66(55)43-48)63-30-17-12-24-53(63)57-40-36-51(45-68(57)75)76(50-22-19-21-46(41-50)47-33-37-54-52-23-11-15-28-61(52)74(9,10)65(54)42-47)69-32-18-14-25-58(69)59-27-20-31-64-70(59)60-26-13-16-29-62(60)73(64,7)8/h11-20,22-46H,21H2,1-10H3. The summed E-state index contributed by atoms with van der Waals surface area (Å²) in [5, 5.41) is 0. The van der Waals surface area contributed by atoms with Crippen LogP contribution >= 0.6 is 0 Å². The van der Waals surface area contributed by atoms with E-state index in [2.05, 4.69) is 280 Å². The first-order valence-electron chi connectivity index (χ1n) is 27.8. The van der Waals surface area contributed by atoms with Crippen molar-refractivity contribution in [2.24, 2.45) is 0 Å². The largest absolute Gasteiger partial charge is 0.310 e. The molecule has 0 N–H and O–H groups in total. The van der Waals surface area contributed by atoms with E-state index >= 15 is 0 Å². The maximum atomic E-state index is 2.61. The lowest BCUT2D eigenvalue weighted by Crippen LogP contribution is -2.28. The highest BCUT2D eigenvalue weighted by Crippen LogP contribution is 2.65. The zero-order valence-corrected chi connectivity index (χ0v) is 45.9. The van der Waals surface area contributed by atoms with E-state index in [0.717, 1.165) is 12.1 Å². The van der Waals surface area contributed by atoms with Gasteiger partial charge in [-0.2, -0.15) is 0 Å². The van der Waals surface area contributed by atoms with Crippen molar-refractivity contribution in [2.75, 3.05) is 4.90 Å². The highest BCUT2D eigenvalue weighted by atomic mass is 15.2. The van der Waals surface area contributed by atoms with Crippen molar-refractivity contribution in [3.05, 3.63) is 273 Å². The highest BCUT2D eigenvalue weighted by molar-refractivity contribution is 6.00. The number of benzene rings is 9. The summed E-state index contributed by atoms with van der Waals surface area (Å²) in [6, 6.07) is 73.2. The molecule has 5 aliphatic carbocycles. The fraction of sp³-hybridized carbons (Fsp3) is 0.227. The Kier molecular flexibility index (Phi) is 9.93. The summed E-state index contributed by atoms with van der Waals surface area (Å²) in [5.41, 5.74) is 31.0. The van der Waals surface area contributed by atoms with Gasteiger partial charge in [-0.15, -0.1) is 0 Å². The van der Waals surface area contributed by atoms with E-state index in [-0.39, 0.29) is 27.6 Å². The number of fused-ring (bicyclic) bond motifs is 16. The van der Waals surface area contributed by atoms with Gasteiger partial charge in [0.25, 0.3) is 0 Å². The molecule has 0 aromatic heterocycles. The molecule has 0 saturated carbocycles. The van der Waals surface area contributed by atoms with Crippen LogP contribution < -0.4 is 4.90 Å². The number of hydrogen-bond donors (Lipinski definition) is 0. The summed E-state index contributed by atoms with van der Waals surface area (Å²) in [6.45, 7) is 23.7. The number of allylic oxidation sites excluding steroid dienone is 3. The van der Waals surface area contributed by atoms with Crippen molar-refractivity contribution < 1.29 is 0 Å². The van der Waals surface area contributed by atoms with Gasteiger partial charge in [0.15, 0.2) is 0 Å². The number of anilines is 2. The van der Waals surface area contributed by atoms with E-state index in [1.54, 1.807) is 0 Å². The quantitative estimate of drug-likeness (QED) is 0.166. The van der Waals surface area contributed by atoms with Gasteiger partial charge in [0, 0.05) is 33.7 Å². The molecule has 0 saturated heterocycles. The lowest BCUT2D eigenvalue weighted by molar-refractivity contribution is 0.586. The minimum Gasteiger partial charge on any atom is -0.310 e. The zero-order chi connectivity index (χ0) is 52.3. The van der Waals surface area contributed by atoms with E-state index in [1.807, 2.05) is 0 Å². The van der Waals surface area contributed by atoms with Crippen LogP contribution in [0, 0.1) is 0 Å². The Labute approximate surface area is 451 Å². The number of rotatable bonds is 5. The van der Waals surface area contributed by atoms with Gasteiger partial charge in [0.2, 0.25) is 0 Å². The van der Waals surface area contributed by atoms with Gasteiger partial charge in [0.1, 0.15) is 0 Å². The summed E-state index contributed by atoms with van der Waals surface area (Å²) in [7, 11) is 0. The van der Waals surface area contributed by atoms with Gasteiger partial charge in [-0.1, -0.05) is 251 Å². The van der Waals surface area contributed by atoms with Crippen LogP contribution in [-0.2, 0) is 27.1 Å². The van der Waals surface area contributed by atoms with Crippen LogP contribution in [0.3, 0.4) is 0 Å². The van der Waals surface area contributed by atoms with Crippen LogP contribution in [0.2, 0.25) is 0 Å². The Morgan fingerprint density at radius 3 is 1.53 bits per heavy atom. The Morgan fingerprint density at radius 1 is 0.395 bits per heavy atom. The molecule has 1 nitrogen and oxygen atoms in total. The van der Waals surface area contributed by atoms with E-state index in [4.69, 9.17) is 0 Å². The van der Waals surface area contributed by atoms with Crippen LogP contribution in [0.25, 0.3) is 55.6 Å². The molecule has 9 aromatic rings. The molecule has 0 fully saturated rings. The maximum Gasteiger partial charge on any atom is 0.0726 e. The molecule has 0 bridgehead atoms. The van der Waals surface area contributed by atoms with Crippen molar-refractivity contribution >= 4 is 11.4 Å². The predicted octanol–water partition coefficient (Wildman–Crippen LogP) is 19.7. The lowest BCUT2D eigenvalue weighted by Gasteiger charge is -2.35. The smallest absolute Gasteiger partial charge is 0.0726 e. The third-order valence-corrected chi connectivity index (χ3v) is 18.5. The topological polar surface area (TPSA) is 3.24 Å². The molecule has 0 heterocycles. The molecule has 1 unspecified atom stereocenters. The third-order valence-electron chi connectivity index (χ3n) is 18.5. The molecule has 76 heavy (non-hydrogen) atoms. The molecule has 14 rings (SSSR count). The van der Waals surface area contributed by atoms with Gasteiger partial charge >= 0.3 is 0 Å². The number of para-hydroxylation sites is 1. The molecule has 1 spiro atoms. The molecule has 372 valence electrons. The molecular weight excluding hydrogens is 915 g/mol. The fourth-order valence-corrected chi connectivity index (χ4v) is 14.5. The molecule has 0 radical (unpaired) electrons. The Hall–Kier alpha value is -7.74. The fourth-order valence-electron chi connectivity index (χ4n) is 14.5. The number of hydrogen-bond acceptors (Lipinski definition) is 1. The average molecular weight is 982 g/mol. The second kappa shape index (κ2) is 16.1. The second-order valence-corrected chi connectivity index (χ2v) is 25.6. The van der Waals surface area contributed by atoms with E-state index in [1.165, 1.54) is 128 Å². The summed E-state index contributed by atoms with van der Waals surface area (Å²) in [6.07, 6.45) is 8.34. The van der Waals surface area contributed by atoms with Crippen LogP contribution in [0.15, 0.2) is 212 Å². The van der Waals surface area contributed by atoms with Gasteiger partial charge in [0.05, 0.1) is 11.1 Å². The minimum atomic E-state index is -0.538. The van der Waals surface area contributed by atoms with Gasteiger partial charge in [-0.3, -0.25) is 0 Å². The van der Waals surface area contributed by atoms with Crippen molar-refractivity contribution in [3.63, 3.8) is 0 Å². The monoisotopic (exact) mass is 982 g/mol. The molecule has 0 aliphatic heterocycles. The SMILES string of the molecule is CC(C)(C)c1ccc2c(c1)C1(c3ccccc3-c3ccc(N(C4=CC(c5ccc6c(c5)C(C)(C)c5ccccc5-6)CC=C4)c4ccccc4-c4cccc5c4-c4ccccc4C5(C)C)cc31)c1cc(C(C)(C)C)ccc1-2. The van der Waals surface area contributed by atoms with E-state index in [0.29, 0.717) is 0 Å². The van der Waals surface area contributed by atoms with E-state index < -0.39 is 5.41 Å². The molecular formula is C75H67N. The zero-order valence-electron chi connectivity index (χ0n) is 45.9. The first-order valence-corrected chi connectivity index (χ1v) is 27.8. The van der Waals surface area contributed by atoms with Crippen LogP contribution in [0.5, 0.6) is 0 Å². The predicted molar refractivity (Wildman–Crippen MR) is 320 cm³/mol. The second-order valence-electron chi connectivity index (χ2n) is 25.6. The van der Waals surface area contributed by atoms with E-state index in [9.17, 15) is 0 Å². The molecule has 1 atom stereocenters.